The number of nitrogens with zero attached hydrogens (tertiary/aromatic N) is 2. The summed E-state index contributed by atoms with van der Waals surface area (Å²) in [5.41, 5.74) is 2.23. The van der Waals surface area contributed by atoms with Crippen LogP contribution in [0.1, 0.15) is 6.42 Å². The van der Waals surface area contributed by atoms with Crippen molar-refractivity contribution in [2.45, 2.75) is 18.5 Å². The van der Waals surface area contributed by atoms with Crippen molar-refractivity contribution < 1.29 is 14.3 Å². The number of hydrogen-bond acceptors (Lipinski definition) is 6. The minimum absolute atomic E-state index is 0.176. The van der Waals surface area contributed by atoms with Crippen LogP contribution in [-0.4, -0.2) is 80.9 Å². The minimum Gasteiger partial charge on any atom is -0.383 e. The van der Waals surface area contributed by atoms with E-state index in [2.05, 4.69) is 15.2 Å². The van der Waals surface area contributed by atoms with Crippen molar-refractivity contribution >= 4 is 5.91 Å². The molecule has 7 nitrogen and oxygen atoms in total. The standard InChI is InChI=1S/C12H24N4O3/c1-18-9-11(12(17)14-13)16-3-2-10(8-16)15-4-6-19-7-5-15/h10-11H,2-9,13H2,1H3,(H,14,17). The highest BCUT2D eigenvalue weighted by Crippen LogP contribution is 2.19. The number of amides is 1. The Morgan fingerprint density at radius 1 is 1.47 bits per heavy atom. The predicted octanol–water partition coefficient (Wildman–Crippen LogP) is -1.60. The number of morpholine rings is 1. The molecule has 1 amide bonds. The van der Waals surface area contributed by atoms with Gasteiger partial charge < -0.3 is 9.47 Å². The third-order valence-corrected chi connectivity index (χ3v) is 3.97. The van der Waals surface area contributed by atoms with Crippen LogP contribution < -0.4 is 11.3 Å². The van der Waals surface area contributed by atoms with Crippen LogP contribution in [0, 0.1) is 0 Å². The van der Waals surface area contributed by atoms with Crippen LogP contribution in [0.2, 0.25) is 0 Å². The molecule has 2 rings (SSSR count). The van der Waals surface area contributed by atoms with E-state index in [-0.39, 0.29) is 11.9 Å². The van der Waals surface area contributed by atoms with E-state index < -0.39 is 0 Å². The van der Waals surface area contributed by atoms with Crippen LogP contribution in [0.15, 0.2) is 0 Å². The van der Waals surface area contributed by atoms with Gasteiger partial charge in [-0.05, 0) is 6.42 Å². The average Bonchev–Trinajstić information content (AvgIpc) is 2.94. The normalized spacial score (nSPS) is 27.4. The molecule has 0 aromatic carbocycles. The molecule has 19 heavy (non-hydrogen) atoms. The van der Waals surface area contributed by atoms with Crippen molar-refractivity contribution in [2.75, 3.05) is 53.1 Å². The van der Waals surface area contributed by atoms with Gasteiger partial charge in [-0.1, -0.05) is 0 Å². The molecule has 2 aliphatic rings. The van der Waals surface area contributed by atoms with Crippen molar-refractivity contribution in [2.24, 2.45) is 5.84 Å². The maximum atomic E-state index is 11.8. The molecule has 0 saturated carbocycles. The van der Waals surface area contributed by atoms with Gasteiger partial charge in [-0.25, -0.2) is 5.84 Å². The first-order chi connectivity index (χ1) is 9.26. The highest BCUT2D eigenvalue weighted by Gasteiger charge is 2.35. The SMILES string of the molecule is COCC(C(=O)NN)N1CCC(N2CCOCC2)C1. The Morgan fingerprint density at radius 3 is 2.84 bits per heavy atom. The van der Waals surface area contributed by atoms with Gasteiger partial charge in [0.05, 0.1) is 19.8 Å². The summed E-state index contributed by atoms with van der Waals surface area (Å²) in [4.78, 5) is 16.4. The van der Waals surface area contributed by atoms with E-state index in [1.165, 1.54) is 0 Å². The van der Waals surface area contributed by atoms with Crippen molar-refractivity contribution in [1.29, 1.82) is 0 Å². The molecule has 2 heterocycles. The molecule has 2 unspecified atom stereocenters. The number of methoxy groups -OCH3 is 1. The van der Waals surface area contributed by atoms with Crippen LogP contribution in [-0.2, 0) is 14.3 Å². The molecule has 0 spiro atoms. The molecule has 7 heteroatoms. The largest absolute Gasteiger partial charge is 0.383 e. The van der Waals surface area contributed by atoms with Gasteiger partial charge in [0.1, 0.15) is 6.04 Å². The fraction of sp³-hybridized carbons (Fsp3) is 0.917. The lowest BCUT2D eigenvalue weighted by Crippen LogP contribution is -2.52. The molecule has 0 aromatic heterocycles. The van der Waals surface area contributed by atoms with Crippen LogP contribution >= 0.6 is 0 Å². The summed E-state index contributed by atoms with van der Waals surface area (Å²) < 4.78 is 10.5. The summed E-state index contributed by atoms with van der Waals surface area (Å²) in [6.07, 6.45) is 1.08. The van der Waals surface area contributed by atoms with Gasteiger partial charge in [-0.3, -0.25) is 20.0 Å². The van der Waals surface area contributed by atoms with Gasteiger partial charge >= 0.3 is 0 Å². The molecular formula is C12H24N4O3. The van der Waals surface area contributed by atoms with Gasteiger partial charge in [0, 0.05) is 39.3 Å². The zero-order valence-corrected chi connectivity index (χ0v) is 11.5. The summed E-state index contributed by atoms with van der Waals surface area (Å²) >= 11 is 0. The summed E-state index contributed by atoms with van der Waals surface area (Å²) in [5.74, 6) is 5.06. The lowest BCUT2D eigenvalue weighted by atomic mass is 10.2. The first kappa shape index (κ1) is 14.7. The van der Waals surface area contributed by atoms with Gasteiger partial charge in [0.2, 0.25) is 0 Å². The van der Waals surface area contributed by atoms with Crippen molar-refractivity contribution in [1.82, 2.24) is 15.2 Å². The highest BCUT2D eigenvalue weighted by atomic mass is 16.5. The Hall–Kier alpha value is -0.730. The molecule has 0 aromatic rings. The van der Waals surface area contributed by atoms with Gasteiger partial charge in [-0.2, -0.15) is 0 Å². The Kier molecular flexibility index (Phi) is 5.53. The summed E-state index contributed by atoms with van der Waals surface area (Å²) in [5, 5.41) is 0. The molecule has 2 fully saturated rings. The van der Waals surface area contributed by atoms with Gasteiger partial charge in [-0.15, -0.1) is 0 Å². The maximum absolute atomic E-state index is 11.8. The first-order valence-corrected chi connectivity index (χ1v) is 6.81. The number of hydrogen-bond donors (Lipinski definition) is 2. The number of ether oxygens (including phenoxy) is 2. The number of likely N-dealkylation sites (tertiary alicyclic amines) is 1. The van der Waals surface area contributed by atoms with E-state index in [0.29, 0.717) is 12.6 Å². The summed E-state index contributed by atoms with van der Waals surface area (Å²) in [7, 11) is 1.60. The van der Waals surface area contributed by atoms with Crippen molar-refractivity contribution in [3.63, 3.8) is 0 Å². The molecular weight excluding hydrogens is 248 g/mol. The molecule has 0 bridgehead atoms. The lowest BCUT2D eigenvalue weighted by Gasteiger charge is -2.33. The van der Waals surface area contributed by atoms with E-state index in [1.807, 2.05) is 0 Å². The van der Waals surface area contributed by atoms with Crippen molar-refractivity contribution in [3.8, 4) is 0 Å². The van der Waals surface area contributed by atoms with Crippen LogP contribution in [0.25, 0.3) is 0 Å². The molecule has 0 radical (unpaired) electrons. The summed E-state index contributed by atoms with van der Waals surface area (Å²) in [6, 6.07) is 0.217. The van der Waals surface area contributed by atoms with Crippen LogP contribution in [0.4, 0.5) is 0 Å². The smallest absolute Gasteiger partial charge is 0.253 e. The monoisotopic (exact) mass is 272 g/mol. The minimum atomic E-state index is -0.291. The molecule has 110 valence electrons. The Bertz CT molecular complexity index is 297. The van der Waals surface area contributed by atoms with E-state index in [4.69, 9.17) is 15.3 Å². The maximum Gasteiger partial charge on any atom is 0.253 e. The molecule has 2 aliphatic heterocycles. The number of nitrogens with two attached hydrogens (primary N) is 1. The van der Waals surface area contributed by atoms with Crippen LogP contribution in [0.5, 0.6) is 0 Å². The second-order valence-electron chi connectivity index (χ2n) is 5.07. The predicted molar refractivity (Wildman–Crippen MR) is 70.4 cm³/mol. The summed E-state index contributed by atoms with van der Waals surface area (Å²) in [6.45, 7) is 5.75. The molecule has 3 N–H and O–H groups in total. The van der Waals surface area contributed by atoms with Gasteiger partial charge in [0.25, 0.3) is 5.91 Å². The second-order valence-corrected chi connectivity index (χ2v) is 5.07. The zero-order valence-electron chi connectivity index (χ0n) is 11.5. The van der Waals surface area contributed by atoms with Gasteiger partial charge in [0.15, 0.2) is 0 Å². The third-order valence-electron chi connectivity index (χ3n) is 3.97. The Labute approximate surface area is 114 Å². The van der Waals surface area contributed by atoms with E-state index >= 15 is 0 Å². The topological polar surface area (TPSA) is 80.1 Å². The van der Waals surface area contributed by atoms with E-state index in [0.717, 1.165) is 45.8 Å². The molecule has 0 aliphatic carbocycles. The Morgan fingerprint density at radius 2 is 2.21 bits per heavy atom. The number of rotatable bonds is 5. The molecule has 2 atom stereocenters. The number of carbonyl (C=O) groups excluding carboxylic acids is 1. The fourth-order valence-electron chi connectivity index (χ4n) is 2.89. The second kappa shape index (κ2) is 7.16. The van der Waals surface area contributed by atoms with E-state index in [1.54, 1.807) is 7.11 Å². The third kappa shape index (κ3) is 3.64. The average molecular weight is 272 g/mol. The van der Waals surface area contributed by atoms with Crippen molar-refractivity contribution in [3.05, 3.63) is 0 Å². The Balaban J connectivity index is 1.89. The first-order valence-electron chi connectivity index (χ1n) is 6.81. The number of hydrazine groups is 1. The highest BCUT2D eigenvalue weighted by molar-refractivity contribution is 5.81. The van der Waals surface area contributed by atoms with Crippen LogP contribution in [0.3, 0.4) is 0 Å². The van der Waals surface area contributed by atoms with E-state index in [9.17, 15) is 4.79 Å². The molecule has 2 saturated heterocycles. The lowest BCUT2D eigenvalue weighted by molar-refractivity contribution is -0.128. The number of carbonyl (C=O) groups is 1. The number of nitrogens with one attached hydrogen (secondary N) is 1. The quantitative estimate of drug-likeness (QED) is 0.356. The zero-order chi connectivity index (χ0) is 13.7. The fourth-order valence-corrected chi connectivity index (χ4v) is 2.89.